The normalized spacial score (nSPS) is 11.5. The van der Waals surface area contributed by atoms with Gasteiger partial charge in [-0.05, 0) is 48.5 Å². The Labute approximate surface area is 229 Å². The first-order valence-electron chi connectivity index (χ1n) is 13.0. The van der Waals surface area contributed by atoms with Crippen LogP contribution >= 0.6 is 0 Å². The van der Waals surface area contributed by atoms with E-state index in [0.717, 1.165) is 77.5 Å². The number of aromatic nitrogens is 6. The van der Waals surface area contributed by atoms with Crippen LogP contribution < -0.4 is 0 Å². The van der Waals surface area contributed by atoms with Crippen LogP contribution in [0.5, 0.6) is 0 Å². The Hall–Kier alpha value is -5.62. The molecule has 8 rings (SSSR count). The van der Waals surface area contributed by atoms with Gasteiger partial charge in [-0.25, -0.2) is 9.97 Å². The lowest BCUT2D eigenvalue weighted by Crippen LogP contribution is -1.97. The molecule has 8 aromatic rings. The third-order valence-corrected chi connectivity index (χ3v) is 7.22. The van der Waals surface area contributed by atoms with Crippen molar-refractivity contribution in [2.75, 3.05) is 0 Å². The molecule has 0 unspecified atom stereocenters. The second-order valence-corrected chi connectivity index (χ2v) is 9.62. The van der Waals surface area contributed by atoms with Crippen molar-refractivity contribution >= 4 is 43.5 Å². The van der Waals surface area contributed by atoms with E-state index in [-0.39, 0.29) is 0 Å². The molecule has 6 nitrogen and oxygen atoms in total. The molecule has 0 bridgehead atoms. The zero-order chi connectivity index (χ0) is 26.5. The summed E-state index contributed by atoms with van der Waals surface area (Å²) in [7, 11) is 0. The smallest absolute Gasteiger partial charge is 0.0971 e. The van der Waals surface area contributed by atoms with Crippen LogP contribution in [-0.4, -0.2) is 29.9 Å². The summed E-state index contributed by atoms with van der Waals surface area (Å²) in [5, 5.41) is 5.26. The van der Waals surface area contributed by atoms with E-state index in [1.54, 1.807) is 12.4 Å². The Kier molecular flexibility index (Phi) is 5.03. The molecule has 0 aliphatic carbocycles. The number of para-hydroxylation sites is 1. The minimum Gasteiger partial charge on any atom is -0.255 e. The first-order valence-corrected chi connectivity index (χ1v) is 13.0. The van der Waals surface area contributed by atoms with E-state index in [1.807, 2.05) is 60.9 Å². The first kappa shape index (κ1) is 22.4. The van der Waals surface area contributed by atoms with E-state index in [1.165, 1.54) is 0 Å². The Balaban J connectivity index is 1.49. The molecule has 0 aliphatic rings. The van der Waals surface area contributed by atoms with Gasteiger partial charge in [0, 0.05) is 57.3 Å². The molecule has 2 aromatic carbocycles. The monoisotopic (exact) mass is 512 g/mol. The van der Waals surface area contributed by atoms with Gasteiger partial charge in [-0.3, -0.25) is 19.9 Å². The number of pyridine rings is 6. The molecule has 0 saturated carbocycles. The molecule has 0 fully saturated rings. The summed E-state index contributed by atoms with van der Waals surface area (Å²) in [6.07, 6.45) is 7.31. The van der Waals surface area contributed by atoms with E-state index < -0.39 is 0 Å². The molecule has 6 heterocycles. The van der Waals surface area contributed by atoms with Gasteiger partial charge in [0.15, 0.2) is 0 Å². The van der Waals surface area contributed by atoms with Crippen LogP contribution in [0.4, 0.5) is 0 Å². The van der Waals surface area contributed by atoms with Gasteiger partial charge in [-0.2, -0.15) is 0 Å². The Morgan fingerprint density at radius 2 is 1.18 bits per heavy atom. The molecule has 0 atom stereocenters. The number of rotatable bonds is 3. The molecule has 0 N–H and O–H groups in total. The third-order valence-electron chi connectivity index (χ3n) is 7.22. The molecule has 40 heavy (non-hydrogen) atoms. The molecule has 6 aromatic heterocycles. The lowest BCUT2D eigenvalue weighted by molar-refractivity contribution is 1.22. The fourth-order valence-corrected chi connectivity index (χ4v) is 5.41. The van der Waals surface area contributed by atoms with Crippen molar-refractivity contribution in [3.8, 4) is 34.0 Å². The third kappa shape index (κ3) is 3.58. The molecule has 186 valence electrons. The fraction of sp³-hybridized carbons (Fsp3) is 0. The summed E-state index contributed by atoms with van der Waals surface area (Å²) >= 11 is 0. The number of nitrogens with zero attached hydrogens (tertiary/aromatic N) is 6. The topological polar surface area (TPSA) is 77.3 Å². The van der Waals surface area contributed by atoms with Gasteiger partial charge in [0.2, 0.25) is 0 Å². The van der Waals surface area contributed by atoms with Crippen molar-refractivity contribution < 1.29 is 0 Å². The standard InChI is InChI=1S/C34H20N6/c1-2-10-26-23(9-1)31-24-14-13-21-8-7-17-37-33(21)34(24)38-20-25(31)32(40-26)22-18-29(27-11-3-5-15-35-27)39-30(19-22)28-12-4-6-16-36-28/h1-20H. The van der Waals surface area contributed by atoms with Gasteiger partial charge in [0.05, 0.1) is 45.0 Å². The molecule has 6 heteroatoms. The minimum atomic E-state index is 0.755. The van der Waals surface area contributed by atoms with Crippen LogP contribution in [-0.2, 0) is 0 Å². The van der Waals surface area contributed by atoms with Crippen molar-refractivity contribution in [1.29, 1.82) is 0 Å². The van der Waals surface area contributed by atoms with Crippen molar-refractivity contribution in [3.05, 3.63) is 122 Å². The van der Waals surface area contributed by atoms with Crippen LogP contribution in [0.15, 0.2) is 122 Å². The highest BCUT2D eigenvalue weighted by Gasteiger charge is 2.18. The first-order chi connectivity index (χ1) is 19.8. The number of hydrogen-bond acceptors (Lipinski definition) is 6. The number of fused-ring (bicyclic) bond motifs is 7. The highest BCUT2D eigenvalue weighted by atomic mass is 14.8. The fourth-order valence-electron chi connectivity index (χ4n) is 5.41. The minimum absolute atomic E-state index is 0.755. The van der Waals surface area contributed by atoms with E-state index in [9.17, 15) is 0 Å². The SMILES string of the molecule is c1ccc(-c2cc(-c3nc4ccccc4c4c3cnc3c4ccc4cccnc43)cc(-c3ccccn3)n2)nc1. The predicted octanol–water partition coefficient (Wildman–Crippen LogP) is 7.67. The number of hydrogen-bond donors (Lipinski definition) is 0. The molecule has 0 spiro atoms. The van der Waals surface area contributed by atoms with Crippen molar-refractivity contribution in [1.82, 2.24) is 29.9 Å². The average molecular weight is 513 g/mol. The zero-order valence-corrected chi connectivity index (χ0v) is 21.2. The van der Waals surface area contributed by atoms with Gasteiger partial charge < -0.3 is 0 Å². The summed E-state index contributed by atoms with van der Waals surface area (Å²) in [4.78, 5) is 28.9. The average Bonchev–Trinajstić information content (AvgIpc) is 3.04. The largest absolute Gasteiger partial charge is 0.255 e. The van der Waals surface area contributed by atoms with Gasteiger partial charge in [0.25, 0.3) is 0 Å². The second-order valence-electron chi connectivity index (χ2n) is 9.62. The zero-order valence-electron chi connectivity index (χ0n) is 21.2. The maximum atomic E-state index is 5.19. The molecule has 0 saturated heterocycles. The van der Waals surface area contributed by atoms with E-state index >= 15 is 0 Å². The van der Waals surface area contributed by atoms with Gasteiger partial charge in [0.1, 0.15) is 0 Å². The Bertz CT molecular complexity index is 2160. The van der Waals surface area contributed by atoms with Crippen LogP contribution in [0.25, 0.3) is 77.5 Å². The predicted molar refractivity (Wildman–Crippen MR) is 160 cm³/mol. The van der Waals surface area contributed by atoms with Crippen LogP contribution in [0.3, 0.4) is 0 Å². The Morgan fingerprint density at radius 3 is 1.93 bits per heavy atom. The van der Waals surface area contributed by atoms with Crippen molar-refractivity contribution in [2.45, 2.75) is 0 Å². The van der Waals surface area contributed by atoms with E-state index in [4.69, 9.17) is 15.0 Å². The van der Waals surface area contributed by atoms with E-state index in [2.05, 4.69) is 63.5 Å². The Morgan fingerprint density at radius 1 is 0.450 bits per heavy atom. The molecule has 0 aliphatic heterocycles. The maximum Gasteiger partial charge on any atom is 0.0971 e. The molecular formula is C34H20N6. The van der Waals surface area contributed by atoms with Gasteiger partial charge >= 0.3 is 0 Å². The summed E-state index contributed by atoms with van der Waals surface area (Å²) < 4.78 is 0. The summed E-state index contributed by atoms with van der Waals surface area (Å²) in [5.41, 5.74) is 7.52. The molecule has 0 radical (unpaired) electrons. The van der Waals surface area contributed by atoms with Crippen LogP contribution in [0, 0.1) is 0 Å². The highest BCUT2D eigenvalue weighted by Crippen LogP contribution is 2.39. The van der Waals surface area contributed by atoms with E-state index in [0.29, 0.717) is 0 Å². The van der Waals surface area contributed by atoms with Gasteiger partial charge in [-0.15, -0.1) is 0 Å². The van der Waals surface area contributed by atoms with Crippen LogP contribution in [0.2, 0.25) is 0 Å². The quantitative estimate of drug-likeness (QED) is 0.226. The van der Waals surface area contributed by atoms with Crippen molar-refractivity contribution in [3.63, 3.8) is 0 Å². The van der Waals surface area contributed by atoms with Crippen LogP contribution in [0.1, 0.15) is 0 Å². The summed E-state index contributed by atoms with van der Waals surface area (Å²) in [6.45, 7) is 0. The number of benzene rings is 2. The van der Waals surface area contributed by atoms with Gasteiger partial charge in [-0.1, -0.05) is 48.5 Å². The lowest BCUT2D eigenvalue weighted by atomic mass is 9.96. The summed E-state index contributed by atoms with van der Waals surface area (Å²) in [6, 6.07) is 32.3. The lowest BCUT2D eigenvalue weighted by Gasteiger charge is -2.14. The molecule has 0 amide bonds. The molecular weight excluding hydrogens is 492 g/mol. The summed E-state index contributed by atoms with van der Waals surface area (Å²) in [5.74, 6) is 0. The second kappa shape index (κ2) is 8.99. The van der Waals surface area contributed by atoms with Crippen molar-refractivity contribution in [2.24, 2.45) is 0 Å². The maximum absolute atomic E-state index is 5.19. The highest BCUT2D eigenvalue weighted by molar-refractivity contribution is 6.24.